The van der Waals surface area contributed by atoms with Crippen LogP contribution in [0.2, 0.25) is 0 Å². The zero-order valence-corrected chi connectivity index (χ0v) is 10.0. The molecule has 1 fully saturated rings. The Balaban J connectivity index is 2.66. The van der Waals surface area contributed by atoms with Gasteiger partial charge in [-0.05, 0) is 32.1 Å². The normalized spacial score (nSPS) is 21.4. The van der Waals surface area contributed by atoms with Crippen molar-refractivity contribution in [2.75, 3.05) is 7.05 Å². The summed E-state index contributed by atoms with van der Waals surface area (Å²) < 4.78 is 0. The Kier molecular flexibility index (Phi) is 5.06. The summed E-state index contributed by atoms with van der Waals surface area (Å²) in [7, 11) is 2.08. The van der Waals surface area contributed by atoms with Crippen LogP contribution in [0.5, 0.6) is 0 Å². The second-order valence-electron chi connectivity index (χ2n) is 4.49. The molecular formula is C13H25N. The molecule has 0 heterocycles. The lowest BCUT2D eigenvalue weighted by Crippen LogP contribution is -2.18. The molecule has 0 aromatic rings. The highest BCUT2D eigenvalue weighted by Crippen LogP contribution is 2.29. The van der Waals surface area contributed by atoms with E-state index in [4.69, 9.17) is 0 Å². The SMILES string of the molecule is CC/C(C)=C(/NC)C1CCCCCC1. The molecule has 0 bridgehead atoms. The van der Waals surface area contributed by atoms with E-state index in [0.29, 0.717) is 0 Å². The number of rotatable bonds is 3. The van der Waals surface area contributed by atoms with E-state index in [2.05, 4.69) is 26.2 Å². The predicted octanol–water partition coefficient (Wildman–Crippen LogP) is 3.86. The molecule has 1 rings (SSSR count). The molecule has 0 spiro atoms. The Labute approximate surface area is 89.0 Å². The fourth-order valence-electron chi connectivity index (χ4n) is 2.52. The lowest BCUT2D eigenvalue weighted by atomic mass is 9.93. The standard InChI is InChI=1S/C13H25N/c1-4-11(2)13(14-3)12-9-7-5-6-8-10-12/h12,14H,4-10H2,1-3H3/b13-11+. The first-order chi connectivity index (χ1) is 6.79. The van der Waals surface area contributed by atoms with Crippen molar-refractivity contribution in [3.63, 3.8) is 0 Å². The Morgan fingerprint density at radius 1 is 1.14 bits per heavy atom. The molecule has 0 atom stereocenters. The van der Waals surface area contributed by atoms with E-state index in [1.54, 1.807) is 5.57 Å². The van der Waals surface area contributed by atoms with Crippen LogP contribution >= 0.6 is 0 Å². The minimum atomic E-state index is 0.822. The van der Waals surface area contributed by atoms with Gasteiger partial charge < -0.3 is 5.32 Å². The van der Waals surface area contributed by atoms with Crippen molar-refractivity contribution in [3.05, 3.63) is 11.3 Å². The van der Waals surface area contributed by atoms with Gasteiger partial charge in [-0.25, -0.2) is 0 Å². The van der Waals surface area contributed by atoms with Gasteiger partial charge in [-0.15, -0.1) is 0 Å². The van der Waals surface area contributed by atoms with Gasteiger partial charge in [0, 0.05) is 12.7 Å². The zero-order chi connectivity index (χ0) is 10.4. The fourth-order valence-corrected chi connectivity index (χ4v) is 2.52. The summed E-state index contributed by atoms with van der Waals surface area (Å²) in [4.78, 5) is 0. The van der Waals surface area contributed by atoms with E-state index in [1.165, 1.54) is 50.6 Å². The highest BCUT2D eigenvalue weighted by Gasteiger charge is 2.16. The van der Waals surface area contributed by atoms with Gasteiger partial charge in [0.25, 0.3) is 0 Å². The molecule has 1 aliphatic carbocycles. The van der Waals surface area contributed by atoms with Crippen molar-refractivity contribution in [2.45, 2.75) is 58.8 Å². The summed E-state index contributed by atoms with van der Waals surface area (Å²) >= 11 is 0. The molecule has 0 amide bonds. The molecule has 0 radical (unpaired) electrons. The Bertz CT molecular complexity index is 185. The summed E-state index contributed by atoms with van der Waals surface area (Å²) in [6.07, 6.45) is 9.71. The van der Waals surface area contributed by atoms with Crippen molar-refractivity contribution in [3.8, 4) is 0 Å². The van der Waals surface area contributed by atoms with E-state index in [1.807, 2.05) is 0 Å². The average molecular weight is 195 g/mol. The lowest BCUT2D eigenvalue weighted by Gasteiger charge is -2.21. The van der Waals surface area contributed by atoms with E-state index < -0.39 is 0 Å². The number of hydrogen-bond donors (Lipinski definition) is 1. The monoisotopic (exact) mass is 195 g/mol. The average Bonchev–Trinajstić information content (AvgIpc) is 2.47. The molecule has 0 saturated heterocycles. The first-order valence-corrected chi connectivity index (χ1v) is 6.17. The topological polar surface area (TPSA) is 12.0 Å². The maximum atomic E-state index is 3.43. The third kappa shape index (κ3) is 3.04. The van der Waals surface area contributed by atoms with Gasteiger partial charge in [0.2, 0.25) is 0 Å². The van der Waals surface area contributed by atoms with E-state index in [9.17, 15) is 0 Å². The zero-order valence-electron chi connectivity index (χ0n) is 10.0. The van der Waals surface area contributed by atoms with Crippen LogP contribution in [0.1, 0.15) is 58.8 Å². The van der Waals surface area contributed by atoms with Gasteiger partial charge in [0.15, 0.2) is 0 Å². The van der Waals surface area contributed by atoms with Gasteiger partial charge in [-0.2, -0.15) is 0 Å². The van der Waals surface area contributed by atoms with Crippen LogP contribution in [0.25, 0.3) is 0 Å². The molecule has 0 aromatic heterocycles. The van der Waals surface area contributed by atoms with Crippen molar-refractivity contribution in [1.82, 2.24) is 5.32 Å². The lowest BCUT2D eigenvalue weighted by molar-refractivity contribution is 0.498. The maximum Gasteiger partial charge on any atom is 0.0124 e. The van der Waals surface area contributed by atoms with Gasteiger partial charge in [-0.1, -0.05) is 38.2 Å². The van der Waals surface area contributed by atoms with Crippen LogP contribution in [-0.4, -0.2) is 7.05 Å². The fraction of sp³-hybridized carbons (Fsp3) is 0.846. The quantitative estimate of drug-likeness (QED) is 0.674. The summed E-state index contributed by atoms with van der Waals surface area (Å²) in [5.74, 6) is 0.822. The highest BCUT2D eigenvalue weighted by molar-refractivity contribution is 5.13. The highest BCUT2D eigenvalue weighted by atomic mass is 14.8. The second kappa shape index (κ2) is 6.10. The number of hydrogen-bond acceptors (Lipinski definition) is 1. The molecule has 1 saturated carbocycles. The summed E-state index contributed by atoms with van der Waals surface area (Å²) in [6, 6.07) is 0. The largest absolute Gasteiger partial charge is 0.391 e. The third-order valence-corrected chi connectivity index (χ3v) is 3.52. The van der Waals surface area contributed by atoms with Crippen LogP contribution in [-0.2, 0) is 0 Å². The summed E-state index contributed by atoms with van der Waals surface area (Å²) in [5, 5.41) is 3.43. The number of allylic oxidation sites excluding steroid dienone is 2. The van der Waals surface area contributed by atoms with Crippen LogP contribution in [0.15, 0.2) is 11.3 Å². The first-order valence-electron chi connectivity index (χ1n) is 6.17. The molecule has 82 valence electrons. The minimum absolute atomic E-state index is 0.822. The van der Waals surface area contributed by atoms with Crippen molar-refractivity contribution in [1.29, 1.82) is 0 Å². The number of nitrogens with one attached hydrogen (secondary N) is 1. The van der Waals surface area contributed by atoms with Crippen LogP contribution < -0.4 is 5.32 Å². The summed E-state index contributed by atoms with van der Waals surface area (Å²) in [5.41, 5.74) is 3.09. The van der Waals surface area contributed by atoms with Crippen LogP contribution in [0.4, 0.5) is 0 Å². The van der Waals surface area contributed by atoms with Crippen LogP contribution in [0, 0.1) is 5.92 Å². The Morgan fingerprint density at radius 3 is 2.14 bits per heavy atom. The van der Waals surface area contributed by atoms with Crippen LogP contribution in [0.3, 0.4) is 0 Å². The van der Waals surface area contributed by atoms with Gasteiger partial charge in [-0.3, -0.25) is 0 Å². The van der Waals surface area contributed by atoms with Gasteiger partial charge in [0.05, 0.1) is 0 Å². The predicted molar refractivity (Wildman–Crippen MR) is 63.2 cm³/mol. The molecule has 14 heavy (non-hydrogen) atoms. The Morgan fingerprint density at radius 2 is 1.71 bits per heavy atom. The van der Waals surface area contributed by atoms with E-state index in [0.717, 1.165) is 5.92 Å². The molecule has 1 nitrogen and oxygen atoms in total. The minimum Gasteiger partial charge on any atom is -0.391 e. The van der Waals surface area contributed by atoms with Crippen molar-refractivity contribution >= 4 is 0 Å². The molecule has 0 unspecified atom stereocenters. The van der Waals surface area contributed by atoms with Crippen molar-refractivity contribution in [2.24, 2.45) is 5.92 Å². The molecular weight excluding hydrogens is 170 g/mol. The smallest absolute Gasteiger partial charge is 0.0124 e. The summed E-state index contributed by atoms with van der Waals surface area (Å²) in [6.45, 7) is 4.53. The molecule has 0 aromatic carbocycles. The second-order valence-corrected chi connectivity index (χ2v) is 4.49. The van der Waals surface area contributed by atoms with E-state index >= 15 is 0 Å². The third-order valence-electron chi connectivity index (χ3n) is 3.52. The molecule has 1 N–H and O–H groups in total. The maximum absolute atomic E-state index is 3.43. The van der Waals surface area contributed by atoms with E-state index in [-0.39, 0.29) is 0 Å². The van der Waals surface area contributed by atoms with Gasteiger partial charge in [0.1, 0.15) is 0 Å². The molecule has 1 aliphatic rings. The Hall–Kier alpha value is -0.460. The molecule has 0 aliphatic heterocycles. The first kappa shape index (κ1) is 11.6. The molecule has 1 heteroatoms. The van der Waals surface area contributed by atoms with Gasteiger partial charge >= 0.3 is 0 Å². The van der Waals surface area contributed by atoms with Crippen molar-refractivity contribution < 1.29 is 0 Å².